The van der Waals surface area contributed by atoms with E-state index in [1.54, 1.807) is 23.1 Å². The summed E-state index contributed by atoms with van der Waals surface area (Å²) in [5, 5.41) is 6.86. The number of hydrogen-bond donors (Lipinski definition) is 2. The zero-order chi connectivity index (χ0) is 27.3. The Morgan fingerprint density at radius 3 is 2.41 bits per heavy atom. The van der Waals surface area contributed by atoms with Gasteiger partial charge in [0, 0.05) is 28.3 Å². The van der Waals surface area contributed by atoms with Crippen LogP contribution >= 0.6 is 23.2 Å². The lowest BCUT2D eigenvalue weighted by Gasteiger charge is -2.34. The smallest absolute Gasteiger partial charge is 0.246 e. The minimum atomic E-state index is -1.21. The molecule has 3 fully saturated rings. The Morgan fingerprint density at radius 2 is 1.72 bits per heavy atom. The molecule has 2 saturated heterocycles. The number of amides is 3. The van der Waals surface area contributed by atoms with Gasteiger partial charge in [-0.1, -0.05) is 84.4 Å². The van der Waals surface area contributed by atoms with Gasteiger partial charge in [-0.2, -0.15) is 0 Å². The van der Waals surface area contributed by atoms with Gasteiger partial charge in [0.2, 0.25) is 17.7 Å². The number of hydrogen-bond acceptors (Lipinski definition) is 4. The number of rotatable bonds is 6. The zero-order valence-electron chi connectivity index (χ0n) is 21.7. The SMILES string of the molecule is Cc1ccc(CN2C(=O)C3C(C(=O)Nc4cc(Cl)cc(Cl)c4)C4C=CC3(O4)C2C(=O)NC2CCCCC2)cc1. The first kappa shape index (κ1) is 26.4. The lowest BCUT2D eigenvalue weighted by atomic mass is 9.74. The number of ether oxygens (including phenoxy) is 1. The fraction of sp³-hybridized carbons (Fsp3) is 0.433. The predicted octanol–water partition coefficient (Wildman–Crippen LogP) is 5.04. The van der Waals surface area contributed by atoms with Crippen LogP contribution in [0.5, 0.6) is 0 Å². The van der Waals surface area contributed by atoms with E-state index < -0.39 is 29.6 Å². The van der Waals surface area contributed by atoms with Gasteiger partial charge >= 0.3 is 0 Å². The molecule has 7 nitrogen and oxygen atoms in total. The molecular weight excluding hydrogens is 537 g/mol. The first-order valence-electron chi connectivity index (χ1n) is 13.6. The van der Waals surface area contributed by atoms with Crippen molar-refractivity contribution in [3.8, 4) is 0 Å². The molecule has 5 unspecified atom stereocenters. The summed E-state index contributed by atoms with van der Waals surface area (Å²) in [5.41, 5.74) is 1.25. The third kappa shape index (κ3) is 4.75. The number of likely N-dealkylation sites (tertiary alicyclic amines) is 1. The van der Waals surface area contributed by atoms with E-state index in [0.717, 1.165) is 36.8 Å². The zero-order valence-corrected chi connectivity index (χ0v) is 23.2. The van der Waals surface area contributed by atoms with Gasteiger partial charge in [0.1, 0.15) is 11.6 Å². The molecule has 9 heteroatoms. The van der Waals surface area contributed by atoms with E-state index in [1.165, 1.54) is 6.42 Å². The van der Waals surface area contributed by atoms with Crippen LogP contribution in [0.3, 0.4) is 0 Å². The Kier molecular flexibility index (Phi) is 6.94. The summed E-state index contributed by atoms with van der Waals surface area (Å²) in [5.74, 6) is -2.47. The standard InChI is InChI=1S/C30H31Cl2N3O4/c1-17-7-9-18(10-8-17)16-35-26(28(37)33-21-5-3-2-4-6-21)30-12-11-23(39-30)24(25(30)29(35)38)27(36)34-22-14-19(31)13-20(32)15-22/h7-15,21,23-26H,2-6,16H2,1H3,(H,33,37)(H,34,36). The molecule has 1 aliphatic carbocycles. The summed E-state index contributed by atoms with van der Waals surface area (Å²) >= 11 is 12.3. The van der Waals surface area contributed by atoms with E-state index in [4.69, 9.17) is 27.9 Å². The number of halogens is 2. The number of anilines is 1. The number of fused-ring (bicyclic) bond motifs is 1. The highest BCUT2D eigenvalue weighted by atomic mass is 35.5. The van der Waals surface area contributed by atoms with Crippen LogP contribution in [0.25, 0.3) is 0 Å². The van der Waals surface area contributed by atoms with Crippen molar-refractivity contribution in [3.63, 3.8) is 0 Å². The van der Waals surface area contributed by atoms with Crippen LogP contribution in [0.2, 0.25) is 10.0 Å². The number of nitrogens with zero attached hydrogens (tertiary/aromatic N) is 1. The number of carbonyl (C=O) groups excluding carboxylic acids is 3. The normalized spacial score (nSPS) is 29.5. The Hall–Kier alpha value is -2.87. The van der Waals surface area contributed by atoms with Crippen molar-refractivity contribution in [2.75, 3.05) is 5.32 Å². The van der Waals surface area contributed by atoms with Crippen molar-refractivity contribution >= 4 is 46.6 Å². The molecule has 5 atom stereocenters. The minimum absolute atomic E-state index is 0.0762. The average molecular weight is 569 g/mol. The van der Waals surface area contributed by atoms with E-state index in [-0.39, 0.29) is 30.3 Å². The largest absolute Gasteiger partial charge is 0.359 e. The second-order valence-electron chi connectivity index (χ2n) is 11.1. The van der Waals surface area contributed by atoms with Gasteiger partial charge in [0.05, 0.1) is 17.9 Å². The van der Waals surface area contributed by atoms with Crippen molar-refractivity contribution in [1.82, 2.24) is 10.2 Å². The van der Waals surface area contributed by atoms with Gasteiger partial charge < -0.3 is 20.3 Å². The fourth-order valence-corrected chi connectivity index (χ4v) is 7.23. The number of nitrogens with one attached hydrogen (secondary N) is 2. The fourth-order valence-electron chi connectivity index (χ4n) is 6.71. The van der Waals surface area contributed by atoms with E-state index >= 15 is 0 Å². The summed E-state index contributed by atoms with van der Waals surface area (Å²) in [7, 11) is 0. The molecule has 1 spiro atoms. The first-order chi connectivity index (χ1) is 18.7. The van der Waals surface area contributed by atoms with E-state index in [9.17, 15) is 14.4 Å². The van der Waals surface area contributed by atoms with Gasteiger partial charge in [-0.15, -0.1) is 0 Å². The van der Waals surface area contributed by atoms with E-state index in [2.05, 4.69) is 10.6 Å². The molecule has 1 saturated carbocycles. The lowest BCUT2D eigenvalue weighted by molar-refractivity contribution is -0.142. The maximum atomic E-state index is 14.1. The minimum Gasteiger partial charge on any atom is -0.359 e. The molecule has 2 aromatic carbocycles. The Bertz CT molecular complexity index is 1320. The Labute approximate surface area is 237 Å². The second-order valence-corrected chi connectivity index (χ2v) is 12.0. The van der Waals surface area contributed by atoms with Gasteiger partial charge in [-0.05, 0) is 43.5 Å². The number of carbonyl (C=O) groups is 3. The summed E-state index contributed by atoms with van der Waals surface area (Å²) in [6, 6.07) is 11.9. The van der Waals surface area contributed by atoms with Crippen molar-refractivity contribution in [2.24, 2.45) is 11.8 Å². The molecule has 39 heavy (non-hydrogen) atoms. The quantitative estimate of drug-likeness (QED) is 0.478. The third-order valence-corrected chi connectivity index (χ3v) is 8.92. The highest BCUT2D eigenvalue weighted by Crippen LogP contribution is 2.55. The molecule has 0 radical (unpaired) electrons. The monoisotopic (exact) mass is 567 g/mol. The summed E-state index contributed by atoms with van der Waals surface area (Å²) in [4.78, 5) is 43.3. The summed E-state index contributed by atoms with van der Waals surface area (Å²) < 4.78 is 6.44. The van der Waals surface area contributed by atoms with Gasteiger partial charge in [-0.3, -0.25) is 14.4 Å². The molecule has 6 rings (SSSR count). The van der Waals surface area contributed by atoms with Crippen LogP contribution in [-0.4, -0.2) is 46.4 Å². The van der Waals surface area contributed by atoms with Gasteiger partial charge in [0.25, 0.3) is 0 Å². The average Bonchev–Trinajstić information content (AvgIpc) is 3.53. The van der Waals surface area contributed by atoms with E-state index in [1.807, 2.05) is 43.3 Å². The van der Waals surface area contributed by atoms with Gasteiger partial charge in [-0.25, -0.2) is 0 Å². The molecular formula is C30H31Cl2N3O4. The molecule has 2 N–H and O–H groups in total. The molecule has 0 aromatic heterocycles. The maximum Gasteiger partial charge on any atom is 0.246 e. The molecule has 3 aliphatic heterocycles. The lowest BCUT2D eigenvalue weighted by Crippen LogP contribution is -2.56. The topological polar surface area (TPSA) is 87.7 Å². The Morgan fingerprint density at radius 1 is 1.03 bits per heavy atom. The van der Waals surface area contributed by atoms with Crippen LogP contribution in [0.15, 0.2) is 54.6 Å². The second kappa shape index (κ2) is 10.3. The first-order valence-corrected chi connectivity index (χ1v) is 14.3. The third-order valence-electron chi connectivity index (χ3n) is 8.48. The summed E-state index contributed by atoms with van der Waals surface area (Å²) in [6.07, 6.45) is 8.20. The van der Waals surface area contributed by atoms with Crippen LogP contribution in [0, 0.1) is 18.8 Å². The molecule has 204 valence electrons. The van der Waals surface area contributed by atoms with Crippen LogP contribution in [0.4, 0.5) is 5.69 Å². The van der Waals surface area contributed by atoms with Crippen molar-refractivity contribution in [2.45, 2.75) is 69.4 Å². The summed E-state index contributed by atoms with van der Waals surface area (Å²) in [6.45, 7) is 2.25. The highest BCUT2D eigenvalue weighted by Gasteiger charge is 2.72. The van der Waals surface area contributed by atoms with Gasteiger partial charge in [0.15, 0.2) is 0 Å². The molecule has 2 bridgehead atoms. The van der Waals surface area contributed by atoms with Crippen LogP contribution in [0.1, 0.15) is 43.2 Å². The number of benzene rings is 2. The van der Waals surface area contributed by atoms with Crippen LogP contribution in [-0.2, 0) is 25.7 Å². The molecule has 3 amide bonds. The van der Waals surface area contributed by atoms with Crippen LogP contribution < -0.4 is 10.6 Å². The maximum absolute atomic E-state index is 14.1. The molecule has 4 aliphatic rings. The number of aryl methyl sites for hydroxylation is 1. The molecule has 3 heterocycles. The van der Waals surface area contributed by atoms with Crippen molar-refractivity contribution < 1.29 is 19.1 Å². The van der Waals surface area contributed by atoms with Crippen molar-refractivity contribution in [1.29, 1.82) is 0 Å². The van der Waals surface area contributed by atoms with Crippen molar-refractivity contribution in [3.05, 3.63) is 75.8 Å². The highest BCUT2D eigenvalue weighted by molar-refractivity contribution is 6.35. The Balaban J connectivity index is 1.32. The predicted molar refractivity (Wildman–Crippen MR) is 149 cm³/mol. The molecule has 2 aromatic rings. The van der Waals surface area contributed by atoms with E-state index in [0.29, 0.717) is 15.7 Å².